The number of fused-ring (bicyclic) bond motifs is 6. The minimum Gasteiger partial charge on any atom is -0.309 e. The van der Waals surface area contributed by atoms with E-state index in [9.17, 15) is 0 Å². The van der Waals surface area contributed by atoms with E-state index in [-0.39, 0.29) is 5.41 Å². The molecule has 2 heteroatoms. The van der Waals surface area contributed by atoms with Crippen LogP contribution in [0.25, 0.3) is 54.6 Å². The van der Waals surface area contributed by atoms with E-state index in [2.05, 4.69) is 234 Å². The van der Waals surface area contributed by atoms with Gasteiger partial charge in [-0.3, -0.25) is 0 Å². The smallest absolute Gasteiger partial charge is 0.0561 e. The Morgan fingerprint density at radius 3 is 1.35 bits per heavy atom. The first-order valence-corrected chi connectivity index (χ1v) is 23.5. The van der Waals surface area contributed by atoms with Gasteiger partial charge in [0.1, 0.15) is 0 Å². The lowest BCUT2D eigenvalue weighted by Crippen LogP contribution is -2.19. The normalized spacial score (nSPS) is 12.8. The summed E-state index contributed by atoms with van der Waals surface area (Å²) in [6.45, 7) is 15.9. The van der Waals surface area contributed by atoms with Crippen molar-refractivity contribution in [1.82, 2.24) is 0 Å². The molecule has 318 valence electrons. The average Bonchev–Trinajstić information content (AvgIpc) is 3.32. The number of hydrogen-bond donors (Lipinski definition) is 0. The van der Waals surface area contributed by atoms with Crippen molar-refractivity contribution in [2.24, 2.45) is 0 Å². The van der Waals surface area contributed by atoms with Gasteiger partial charge in [-0.1, -0.05) is 168 Å². The Bertz CT molecular complexity index is 3240. The van der Waals surface area contributed by atoms with Gasteiger partial charge in [0.05, 0.1) is 22.7 Å². The van der Waals surface area contributed by atoms with Gasteiger partial charge in [0.2, 0.25) is 0 Å². The van der Waals surface area contributed by atoms with Gasteiger partial charge in [-0.05, 0) is 152 Å². The van der Waals surface area contributed by atoms with Crippen LogP contribution in [0.2, 0.25) is 0 Å². The monoisotopic (exact) mass is 840 g/mol. The van der Waals surface area contributed by atoms with Crippen molar-refractivity contribution in [3.05, 3.63) is 215 Å². The van der Waals surface area contributed by atoms with Crippen molar-refractivity contribution in [1.29, 1.82) is 0 Å². The Labute approximate surface area is 384 Å². The molecule has 0 unspecified atom stereocenters. The number of hydrogen-bond acceptors (Lipinski definition) is 2. The molecule has 0 saturated carbocycles. The number of anilines is 6. The fourth-order valence-electron chi connectivity index (χ4n) is 10.5. The van der Waals surface area contributed by atoms with Gasteiger partial charge in [0, 0.05) is 34.0 Å². The Kier molecular flexibility index (Phi) is 9.88. The third-order valence-corrected chi connectivity index (χ3v) is 14.1. The lowest BCUT2D eigenvalue weighted by atomic mass is 9.83. The molecule has 0 N–H and O–H groups in total. The molecule has 2 nitrogen and oxygen atoms in total. The predicted octanol–water partition coefficient (Wildman–Crippen LogP) is 17.8. The first-order valence-electron chi connectivity index (χ1n) is 23.5. The number of rotatable bonds is 6. The Morgan fingerprint density at radius 2 is 0.908 bits per heavy atom. The molecule has 1 heterocycles. The van der Waals surface area contributed by atoms with Crippen molar-refractivity contribution in [3.8, 4) is 22.3 Å². The van der Waals surface area contributed by atoms with Crippen molar-refractivity contribution in [2.45, 2.75) is 73.1 Å². The highest BCUT2D eigenvalue weighted by Gasteiger charge is 2.30. The lowest BCUT2D eigenvalue weighted by molar-refractivity contribution is 0.591. The highest BCUT2D eigenvalue weighted by Crippen LogP contribution is 2.53. The summed E-state index contributed by atoms with van der Waals surface area (Å²) < 4.78 is 0. The molecule has 10 aromatic carbocycles. The zero-order chi connectivity index (χ0) is 44.6. The van der Waals surface area contributed by atoms with E-state index in [4.69, 9.17) is 0 Å². The summed E-state index contributed by atoms with van der Waals surface area (Å²) in [4.78, 5) is 5.19. The van der Waals surface area contributed by atoms with Crippen LogP contribution in [0.15, 0.2) is 176 Å². The Morgan fingerprint density at radius 1 is 0.431 bits per heavy atom. The van der Waals surface area contributed by atoms with E-state index >= 15 is 0 Å². The minimum absolute atomic E-state index is 0.0109. The van der Waals surface area contributed by atoms with Gasteiger partial charge in [0.15, 0.2) is 0 Å². The average molecular weight is 841 g/mol. The highest BCUT2D eigenvalue weighted by atomic mass is 15.2. The molecule has 0 radical (unpaired) electrons. The summed E-state index contributed by atoms with van der Waals surface area (Å²) in [6, 6.07) is 67.5. The van der Waals surface area contributed by atoms with Gasteiger partial charge in [0.25, 0.3) is 0 Å². The molecule has 0 fully saturated rings. The highest BCUT2D eigenvalue weighted by molar-refractivity contribution is 6.29. The van der Waals surface area contributed by atoms with Gasteiger partial charge >= 0.3 is 0 Å². The molecule has 10 aromatic rings. The van der Waals surface area contributed by atoms with Crippen LogP contribution < -0.4 is 9.80 Å². The van der Waals surface area contributed by atoms with Crippen LogP contribution in [0.1, 0.15) is 73.6 Å². The van der Waals surface area contributed by atoms with Crippen LogP contribution in [0.4, 0.5) is 34.1 Å². The first kappa shape index (κ1) is 40.6. The molecule has 0 atom stereocenters. The Balaban J connectivity index is 1.33. The van der Waals surface area contributed by atoms with Crippen LogP contribution in [0, 0.1) is 13.8 Å². The topological polar surface area (TPSA) is 6.48 Å². The SMILES string of the molecule is CCc1cccc(N2c3cc(-c4ccccc4C)ccc3Cc3ccc(-c4ccccc4C)cc3N(c3cccc(CC)c3)c3cc2c2ccc4cc(C(C)(C)C)cc5ccc3c2c45)c1. The van der Waals surface area contributed by atoms with E-state index in [1.165, 1.54) is 128 Å². The summed E-state index contributed by atoms with van der Waals surface area (Å²) in [5, 5.41) is 7.68. The third-order valence-electron chi connectivity index (χ3n) is 14.1. The van der Waals surface area contributed by atoms with E-state index < -0.39 is 0 Å². The van der Waals surface area contributed by atoms with Gasteiger partial charge in [-0.15, -0.1) is 0 Å². The number of benzene rings is 10. The van der Waals surface area contributed by atoms with Crippen LogP contribution in [-0.4, -0.2) is 0 Å². The van der Waals surface area contributed by atoms with Crippen molar-refractivity contribution < 1.29 is 0 Å². The number of nitrogens with zero attached hydrogens (tertiary/aromatic N) is 2. The summed E-state index contributed by atoms with van der Waals surface area (Å²) in [5.74, 6) is 0. The van der Waals surface area contributed by atoms with Gasteiger partial charge < -0.3 is 9.80 Å². The molecule has 0 amide bonds. The maximum absolute atomic E-state index is 2.60. The molecular formula is C63H56N2. The summed E-state index contributed by atoms with van der Waals surface area (Å²) in [7, 11) is 0. The zero-order valence-electron chi connectivity index (χ0n) is 38.8. The molecule has 1 aliphatic heterocycles. The molecule has 0 saturated heterocycles. The van der Waals surface area contributed by atoms with Crippen LogP contribution >= 0.6 is 0 Å². The second-order valence-corrected chi connectivity index (χ2v) is 19.3. The molecule has 0 aromatic heterocycles. The van der Waals surface area contributed by atoms with Gasteiger partial charge in [-0.25, -0.2) is 0 Å². The largest absolute Gasteiger partial charge is 0.309 e. The summed E-state index contributed by atoms with van der Waals surface area (Å²) in [5.41, 5.74) is 21.1. The quantitative estimate of drug-likeness (QED) is 0.154. The molecule has 65 heavy (non-hydrogen) atoms. The summed E-state index contributed by atoms with van der Waals surface area (Å²) >= 11 is 0. The van der Waals surface area contributed by atoms with Crippen molar-refractivity contribution in [2.75, 3.05) is 9.80 Å². The third kappa shape index (κ3) is 6.95. The van der Waals surface area contributed by atoms with E-state index in [1.54, 1.807) is 0 Å². The molecule has 0 spiro atoms. The molecule has 11 rings (SSSR count). The maximum Gasteiger partial charge on any atom is 0.0561 e. The fraction of sp³-hybridized carbons (Fsp3) is 0.175. The van der Waals surface area contributed by atoms with E-state index in [1.807, 2.05) is 0 Å². The van der Waals surface area contributed by atoms with Crippen LogP contribution in [0.3, 0.4) is 0 Å². The standard InChI is InChI=1S/C63H56N2/c1-8-42-18-14-20-51(32-42)64-57-37-44(53-22-12-10-16-40(53)3)24-26-46(57)34-47-27-25-45(54-23-13-11-17-41(54)4)38-58(47)65(52-21-15-19-43(9-2)33-52)60-39-59(64)55-30-28-48-35-50(63(5,6)7)36-49-29-31-56(60)62(55)61(48)49/h10-33,35-39H,8-9,34H2,1-7H3. The number of aryl methyl sites for hydroxylation is 4. The molecule has 0 aliphatic carbocycles. The molecule has 2 bridgehead atoms. The minimum atomic E-state index is 0.0109. The zero-order valence-corrected chi connectivity index (χ0v) is 38.8. The predicted molar refractivity (Wildman–Crippen MR) is 280 cm³/mol. The lowest BCUT2D eigenvalue weighted by Gasteiger charge is -2.36. The summed E-state index contributed by atoms with van der Waals surface area (Å²) in [6.07, 6.45) is 2.66. The van der Waals surface area contributed by atoms with E-state index in [0.717, 1.165) is 19.3 Å². The fourth-order valence-corrected chi connectivity index (χ4v) is 10.5. The van der Waals surface area contributed by atoms with Crippen molar-refractivity contribution in [3.63, 3.8) is 0 Å². The van der Waals surface area contributed by atoms with E-state index in [0.29, 0.717) is 0 Å². The van der Waals surface area contributed by atoms with Crippen LogP contribution in [-0.2, 0) is 24.7 Å². The van der Waals surface area contributed by atoms with Crippen molar-refractivity contribution >= 4 is 66.4 Å². The second-order valence-electron chi connectivity index (χ2n) is 19.3. The van der Waals surface area contributed by atoms with Crippen LogP contribution in [0.5, 0.6) is 0 Å². The van der Waals surface area contributed by atoms with Gasteiger partial charge in [-0.2, -0.15) is 0 Å². The Hall–Kier alpha value is -7.16. The first-order chi connectivity index (χ1) is 31.6. The molecular weight excluding hydrogens is 785 g/mol. The second kappa shape index (κ2) is 15.8. The maximum atomic E-state index is 2.60. The molecule has 1 aliphatic rings.